The van der Waals surface area contributed by atoms with Crippen LogP contribution in [-0.4, -0.2) is 36.7 Å². The van der Waals surface area contributed by atoms with Gasteiger partial charge in [-0.25, -0.2) is 4.79 Å². The number of thioether (sulfide) groups is 1. The summed E-state index contributed by atoms with van der Waals surface area (Å²) in [5.74, 6) is -0.842. The molecule has 5 rings (SSSR count). The molecule has 2 saturated heterocycles. The number of carbonyl (C=O) groups is 1. The lowest BCUT2D eigenvalue weighted by atomic mass is 9.78. The standard InChI is InChI=1S/C38H48O5S/c1-8-37(23-41-34(40)28-19-29(35(2,3)4)33(39)30(20-28)36(5,6)7)24-42-38(43-25-37)21-31(26-15-11-9-12-16-26)44-32(22-38)27-17-13-10-14-18-27/h9-20,31-32,39H,8,21-25H2,1-7H3. The molecular formula is C38H48O5S. The molecule has 2 fully saturated rings. The Morgan fingerprint density at radius 2 is 1.30 bits per heavy atom. The van der Waals surface area contributed by atoms with E-state index in [4.69, 9.17) is 14.2 Å². The molecule has 0 aliphatic carbocycles. The van der Waals surface area contributed by atoms with Crippen molar-refractivity contribution >= 4 is 17.7 Å². The Morgan fingerprint density at radius 3 is 1.70 bits per heavy atom. The largest absolute Gasteiger partial charge is 0.507 e. The van der Waals surface area contributed by atoms with E-state index >= 15 is 0 Å². The van der Waals surface area contributed by atoms with E-state index in [9.17, 15) is 9.90 Å². The second-order valence-electron chi connectivity index (χ2n) is 14.7. The van der Waals surface area contributed by atoms with E-state index in [0.717, 1.165) is 30.4 Å². The van der Waals surface area contributed by atoms with Crippen molar-refractivity contribution in [3.8, 4) is 5.75 Å². The number of hydrogen-bond donors (Lipinski definition) is 1. The van der Waals surface area contributed by atoms with Crippen molar-refractivity contribution in [1.82, 2.24) is 0 Å². The fraction of sp³-hybridized carbons (Fsp3) is 0.500. The Kier molecular flexibility index (Phi) is 9.28. The zero-order chi connectivity index (χ0) is 31.8. The van der Waals surface area contributed by atoms with Gasteiger partial charge in [0.05, 0.1) is 24.2 Å². The van der Waals surface area contributed by atoms with E-state index in [1.807, 2.05) is 53.3 Å². The minimum atomic E-state index is -0.699. The summed E-state index contributed by atoms with van der Waals surface area (Å²) >= 11 is 1.98. The minimum absolute atomic E-state index is 0.202. The van der Waals surface area contributed by atoms with E-state index in [2.05, 4.69) is 67.6 Å². The van der Waals surface area contributed by atoms with Crippen molar-refractivity contribution in [3.63, 3.8) is 0 Å². The average molecular weight is 617 g/mol. The van der Waals surface area contributed by atoms with Gasteiger partial charge in [-0.1, -0.05) is 109 Å². The number of aromatic hydroxyl groups is 1. The van der Waals surface area contributed by atoms with Gasteiger partial charge in [-0.15, -0.1) is 11.8 Å². The van der Waals surface area contributed by atoms with Gasteiger partial charge in [0.15, 0.2) is 5.79 Å². The van der Waals surface area contributed by atoms with Crippen LogP contribution in [0.4, 0.5) is 0 Å². The van der Waals surface area contributed by atoms with Gasteiger partial charge in [0, 0.05) is 34.5 Å². The van der Waals surface area contributed by atoms with Crippen LogP contribution in [0, 0.1) is 5.41 Å². The molecule has 3 aromatic carbocycles. The van der Waals surface area contributed by atoms with Gasteiger partial charge < -0.3 is 19.3 Å². The fourth-order valence-corrected chi connectivity index (χ4v) is 7.87. The lowest BCUT2D eigenvalue weighted by molar-refractivity contribution is -0.315. The SMILES string of the molecule is CCC1(COC(=O)c2cc(C(C)(C)C)c(O)c(C(C)(C)C)c2)COC2(CC(c3ccccc3)SC(c3ccccc3)C2)OC1. The number of rotatable bonds is 6. The van der Waals surface area contributed by atoms with Crippen LogP contribution >= 0.6 is 11.8 Å². The first-order valence-electron chi connectivity index (χ1n) is 15.8. The maximum Gasteiger partial charge on any atom is 0.338 e. The number of phenolic OH excluding ortho intramolecular Hbond substituents is 1. The predicted octanol–water partition coefficient (Wildman–Crippen LogP) is 9.29. The van der Waals surface area contributed by atoms with Gasteiger partial charge in [-0.2, -0.15) is 0 Å². The summed E-state index contributed by atoms with van der Waals surface area (Å²) < 4.78 is 19.5. The van der Waals surface area contributed by atoms with Crippen LogP contribution in [0.15, 0.2) is 72.8 Å². The number of ether oxygens (including phenoxy) is 3. The monoisotopic (exact) mass is 616 g/mol. The van der Waals surface area contributed by atoms with E-state index in [-0.39, 0.29) is 33.7 Å². The van der Waals surface area contributed by atoms with Crippen molar-refractivity contribution in [2.75, 3.05) is 19.8 Å². The van der Waals surface area contributed by atoms with E-state index in [0.29, 0.717) is 18.8 Å². The highest BCUT2D eigenvalue weighted by molar-refractivity contribution is 7.99. The number of carbonyl (C=O) groups excluding carboxylic acids is 1. The summed E-state index contributed by atoms with van der Waals surface area (Å²) in [6.45, 7) is 15.5. The summed E-state index contributed by atoms with van der Waals surface area (Å²) in [5.41, 5.74) is 3.39. The van der Waals surface area contributed by atoms with E-state index in [1.165, 1.54) is 11.1 Å². The van der Waals surface area contributed by atoms with Crippen LogP contribution in [0.5, 0.6) is 5.75 Å². The highest BCUT2D eigenvalue weighted by Crippen LogP contribution is 2.56. The first kappa shape index (κ1) is 32.6. The first-order valence-corrected chi connectivity index (χ1v) is 16.8. The van der Waals surface area contributed by atoms with Crippen molar-refractivity contribution in [1.29, 1.82) is 0 Å². The highest BCUT2D eigenvalue weighted by atomic mass is 32.2. The van der Waals surface area contributed by atoms with Crippen molar-refractivity contribution in [2.45, 2.75) is 94.8 Å². The molecule has 2 unspecified atom stereocenters. The summed E-state index contributed by atoms with van der Waals surface area (Å²) in [6, 6.07) is 24.8. The maximum atomic E-state index is 13.5. The lowest BCUT2D eigenvalue weighted by Crippen LogP contribution is -2.53. The summed E-state index contributed by atoms with van der Waals surface area (Å²) in [6.07, 6.45) is 2.29. The van der Waals surface area contributed by atoms with Gasteiger partial charge in [-0.3, -0.25) is 0 Å². The van der Waals surface area contributed by atoms with Crippen LogP contribution in [0.3, 0.4) is 0 Å². The smallest absolute Gasteiger partial charge is 0.338 e. The topological polar surface area (TPSA) is 65.0 Å². The lowest BCUT2D eigenvalue weighted by Gasteiger charge is -2.50. The Balaban J connectivity index is 1.33. The van der Waals surface area contributed by atoms with Crippen molar-refractivity contribution in [3.05, 3.63) is 101 Å². The fourth-order valence-electron chi connectivity index (χ4n) is 6.15. The maximum absolute atomic E-state index is 13.5. The molecule has 0 bridgehead atoms. The van der Waals surface area contributed by atoms with Crippen molar-refractivity contribution in [2.24, 2.45) is 5.41 Å². The molecule has 5 nitrogen and oxygen atoms in total. The second-order valence-corrected chi connectivity index (χ2v) is 16.1. The molecular weight excluding hydrogens is 568 g/mol. The Bertz CT molecular complexity index is 1350. The molecule has 2 aliphatic heterocycles. The highest BCUT2D eigenvalue weighted by Gasteiger charge is 2.50. The van der Waals surface area contributed by atoms with Crippen LogP contribution in [0.25, 0.3) is 0 Å². The van der Waals surface area contributed by atoms with Gasteiger partial charge in [0.2, 0.25) is 0 Å². The van der Waals surface area contributed by atoms with Crippen LogP contribution < -0.4 is 0 Å². The molecule has 1 spiro atoms. The molecule has 44 heavy (non-hydrogen) atoms. The van der Waals surface area contributed by atoms with Crippen LogP contribution in [-0.2, 0) is 25.0 Å². The summed E-state index contributed by atoms with van der Waals surface area (Å²) in [4.78, 5) is 13.5. The van der Waals surface area contributed by atoms with Gasteiger partial charge in [0.25, 0.3) is 0 Å². The van der Waals surface area contributed by atoms with Gasteiger partial charge in [0.1, 0.15) is 12.4 Å². The zero-order valence-electron chi connectivity index (χ0n) is 27.3. The van der Waals surface area contributed by atoms with Gasteiger partial charge in [-0.05, 0) is 40.5 Å². The molecule has 236 valence electrons. The molecule has 0 amide bonds. The number of hydrogen-bond acceptors (Lipinski definition) is 6. The number of esters is 1. The van der Waals surface area contributed by atoms with Crippen LogP contribution in [0.2, 0.25) is 0 Å². The Hall–Kier alpha value is -2.80. The number of benzene rings is 3. The second kappa shape index (κ2) is 12.5. The molecule has 2 heterocycles. The molecule has 1 N–H and O–H groups in total. The summed E-state index contributed by atoms with van der Waals surface area (Å²) in [5, 5.41) is 11.6. The quantitative estimate of drug-likeness (QED) is 0.279. The van der Waals surface area contributed by atoms with Crippen molar-refractivity contribution < 1.29 is 24.1 Å². The normalized spacial score (nSPS) is 26.0. The minimum Gasteiger partial charge on any atom is -0.507 e. The molecule has 2 aliphatic rings. The third-order valence-electron chi connectivity index (χ3n) is 9.17. The molecule has 0 radical (unpaired) electrons. The van der Waals surface area contributed by atoms with E-state index in [1.54, 1.807) is 12.1 Å². The zero-order valence-corrected chi connectivity index (χ0v) is 28.1. The third kappa shape index (κ3) is 7.03. The van der Waals surface area contributed by atoms with E-state index < -0.39 is 17.2 Å². The van der Waals surface area contributed by atoms with Gasteiger partial charge >= 0.3 is 5.97 Å². The predicted molar refractivity (Wildman–Crippen MR) is 178 cm³/mol. The third-order valence-corrected chi connectivity index (χ3v) is 10.7. The molecule has 2 atom stereocenters. The molecule has 0 aromatic heterocycles. The number of phenols is 1. The molecule has 6 heteroatoms. The molecule has 3 aromatic rings. The molecule has 0 saturated carbocycles. The Morgan fingerprint density at radius 1 is 0.841 bits per heavy atom. The Labute approximate surface area is 267 Å². The summed E-state index contributed by atoms with van der Waals surface area (Å²) in [7, 11) is 0. The van der Waals surface area contributed by atoms with Crippen LogP contribution in [0.1, 0.15) is 111 Å². The average Bonchev–Trinajstić information content (AvgIpc) is 3.00. The first-order chi connectivity index (χ1) is 20.7.